The minimum absolute atomic E-state index is 0.0710. The molecule has 0 radical (unpaired) electrons. The van der Waals surface area contributed by atoms with Gasteiger partial charge in [-0.05, 0) is 19.4 Å². The minimum Gasteiger partial charge on any atom is -0.334 e. The predicted molar refractivity (Wildman–Crippen MR) is 86.8 cm³/mol. The quantitative estimate of drug-likeness (QED) is 0.684. The smallest absolute Gasteiger partial charge is 0.242 e. The highest BCUT2D eigenvalue weighted by molar-refractivity contribution is 6.00. The summed E-state index contributed by atoms with van der Waals surface area (Å²) in [4.78, 5) is 28.3. The lowest BCUT2D eigenvalue weighted by atomic mass is 10.2. The van der Waals surface area contributed by atoms with Gasteiger partial charge in [0.15, 0.2) is 11.5 Å². The molecule has 2 aromatic heterocycles. The first-order valence-electron chi connectivity index (χ1n) is 7.61. The number of rotatable bonds is 3. The number of nitrogens with one attached hydrogen (secondary N) is 3. The third kappa shape index (κ3) is 2.66. The zero-order chi connectivity index (χ0) is 15.6. The molecule has 1 aliphatic heterocycles. The maximum Gasteiger partial charge on any atom is 0.242 e. The van der Waals surface area contributed by atoms with Gasteiger partial charge < -0.3 is 15.6 Å². The van der Waals surface area contributed by atoms with Crippen LogP contribution in [0, 0.1) is 0 Å². The van der Waals surface area contributed by atoms with Crippen LogP contribution >= 0.6 is 0 Å². The van der Waals surface area contributed by atoms with E-state index < -0.39 is 0 Å². The number of aromatic nitrogens is 4. The van der Waals surface area contributed by atoms with Gasteiger partial charge in [-0.15, -0.1) is 0 Å². The van der Waals surface area contributed by atoms with Gasteiger partial charge in [-0.25, -0.2) is 15.0 Å². The lowest BCUT2D eigenvalue weighted by Gasteiger charge is -2.10. The van der Waals surface area contributed by atoms with Crippen LogP contribution in [-0.4, -0.2) is 38.4 Å². The van der Waals surface area contributed by atoms with Crippen LogP contribution in [0.2, 0.25) is 0 Å². The highest BCUT2D eigenvalue weighted by Crippen LogP contribution is 2.23. The largest absolute Gasteiger partial charge is 0.334 e. The molecule has 0 aliphatic carbocycles. The number of fused-ring (bicyclic) bond motifs is 1. The first-order valence-corrected chi connectivity index (χ1v) is 7.61. The van der Waals surface area contributed by atoms with Crippen molar-refractivity contribution in [3.63, 3.8) is 0 Å². The van der Waals surface area contributed by atoms with Gasteiger partial charge >= 0.3 is 0 Å². The highest BCUT2D eigenvalue weighted by Gasteiger charge is 2.23. The van der Waals surface area contributed by atoms with Crippen molar-refractivity contribution in [3.8, 4) is 11.4 Å². The lowest BCUT2D eigenvalue weighted by molar-refractivity contribution is -0.117. The monoisotopic (exact) mass is 308 g/mol. The third-order valence-electron chi connectivity index (χ3n) is 3.95. The molecule has 1 aromatic carbocycles. The number of anilines is 1. The summed E-state index contributed by atoms with van der Waals surface area (Å²) in [5.41, 5.74) is 2.13. The maximum absolute atomic E-state index is 12.3. The van der Waals surface area contributed by atoms with Crippen LogP contribution in [-0.2, 0) is 4.79 Å². The minimum atomic E-state index is -0.156. The van der Waals surface area contributed by atoms with Gasteiger partial charge in [0.1, 0.15) is 17.7 Å². The second kappa shape index (κ2) is 5.77. The molecule has 3 N–H and O–H groups in total. The molecule has 23 heavy (non-hydrogen) atoms. The molecule has 1 aliphatic rings. The van der Waals surface area contributed by atoms with Gasteiger partial charge in [0.2, 0.25) is 5.91 Å². The number of nitrogens with zero attached hydrogens (tertiary/aromatic N) is 3. The van der Waals surface area contributed by atoms with E-state index in [1.54, 1.807) is 0 Å². The molecule has 1 fully saturated rings. The van der Waals surface area contributed by atoms with Gasteiger partial charge in [0.05, 0.1) is 6.04 Å². The van der Waals surface area contributed by atoms with E-state index in [4.69, 9.17) is 0 Å². The average Bonchev–Trinajstić information content (AvgIpc) is 3.26. The second-order valence-corrected chi connectivity index (χ2v) is 5.51. The van der Waals surface area contributed by atoms with Crippen molar-refractivity contribution in [2.45, 2.75) is 18.9 Å². The van der Waals surface area contributed by atoms with Gasteiger partial charge in [0, 0.05) is 5.56 Å². The van der Waals surface area contributed by atoms with Crippen LogP contribution in [0.5, 0.6) is 0 Å². The molecule has 4 rings (SSSR count). The normalized spacial score (nSPS) is 17.5. The Morgan fingerprint density at radius 1 is 1.22 bits per heavy atom. The van der Waals surface area contributed by atoms with Crippen molar-refractivity contribution in [2.24, 2.45) is 0 Å². The number of hydrogen-bond acceptors (Lipinski definition) is 5. The van der Waals surface area contributed by atoms with Crippen molar-refractivity contribution >= 4 is 22.9 Å². The lowest BCUT2D eigenvalue weighted by Crippen LogP contribution is -2.35. The van der Waals surface area contributed by atoms with Crippen LogP contribution in [0.3, 0.4) is 0 Å². The van der Waals surface area contributed by atoms with Crippen LogP contribution in [0.25, 0.3) is 22.6 Å². The average molecular weight is 308 g/mol. The van der Waals surface area contributed by atoms with E-state index in [0.29, 0.717) is 22.8 Å². The third-order valence-corrected chi connectivity index (χ3v) is 3.95. The van der Waals surface area contributed by atoms with Gasteiger partial charge in [-0.1, -0.05) is 30.3 Å². The van der Waals surface area contributed by atoms with Crippen molar-refractivity contribution in [1.29, 1.82) is 0 Å². The first kappa shape index (κ1) is 13.8. The second-order valence-electron chi connectivity index (χ2n) is 5.51. The molecule has 7 nitrogen and oxygen atoms in total. The van der Waals surface area contributed by atoms with Crippen LogP contribution in [0.1, 0.15) is 12.8 Å². The van der Waals surface area contributed by atoms with E-state index in [2.05, 4.69) is 30.6 Å². The number of carbonyl (C=O) groups is 1. The molecular weight excluding hydrogens is 292 g/mol. The molecule has 116 valence electrons. The molecule has 7 heteroatoms. The SMILES string of the molecule is O=C(Nc1ncnc2nc(-c3ccccc3)[nH]c12)C1CCCN1. The molecule has 1 amide bonds. The van der Waals surface area contributed by atoms with E-state index in [1.807, 2.05) is 30.3 Å². The topological polar surface area (TPSA) is 95.6 Å². The summed E-state index contributed by atoms with van der Waals surface area (Å²) in [6.07, 6.45) is 3.27. The van der Waals surface area contributed by atoms with E-state index in [9.17, 15) is 4.79 Å². The number of benzene rings is 1. The van der Waals surface area contributed by atoms with E-state index in [1.165, 1.54) is 6.33 Å². The van der Waals surface area contributed by atoms with E-state index in [0.717, 1.165) is 24.9 Å². The van der Waals surface area contributed by atoms with Crippen molar-refractivity contribution in [1.82, 2.24) is 25.3 Å². The maximum atomic E-state index is 12.3. The number of imidazole rings is 1. The number of H-pyrrole nitrogens is 1. The van der Waals surface area contributed by atoms with E-state index in [-0.39, 0.29) is 11.9 Å². The summed E-state index contributed by atoms with van der Waals surface area (Å²) >= 11 is 0. The Hall–Kier alpha value is -2.80. The number of aromatic amines is 1. The first-order chi connectivity index (χ1) is 11.3. The Morgan fingerprint density at radius 2 is 2.09 bits per heavy atom. The standard InChI is InChI=1S/C16H16N6O/c23-16(11-7-4-8-17-11)22-15-12-14(18-9-19-15)21-13(20-12)10-5-2-1-3-6-10/h1-3,5-6,9,11,17H,4,7-8H2,(H2,18,19,20,21,22,23). The Bertz CT molecular complexity index is 838. The fraction of sp³-hybridized carbons (Fsp3) is 0.250. The van der Waals surface area contributed by atoms with Crippen molar-refractivity contribution < 1.29 is 4.79 Å². The number of hydrogen-bond donors (Lipinski definition) is 3. The summed E-state index contributed by atoms with van der Waals surface area (Å²) in [7, 11) is 0. The molecule has 3 aromatic rings. The molecule has 1 saturated heterocycles. The van der Waals surface area contributed by atoms with E-state index >= 15 is 0 Å². The number of amides is 1. The van der Waals surface area contributed by atoms with Gasteiger partial charge in [-0.2, -0.15) is 0 Å². The Kier molecular flexibility index (Phi) is 3.47. The van der Waals surface area contributed by atoms with Crippen molar-refractivity contribution in [2.75, 3.05) is 11.9 Å². The molecule has 0 bridgehead atoms. The fourth-order valence-corrected chi connectivity index (χ4v) is 2.77. The summed E-state index contributed by atoms with van der Waals surface area (Å²) < 4.78 is 0. The molecule has 1 atom stereocenters. The van der Waals surface area contributed by atoms with Gasteiger partial charge in [-0.3, -0.25) is 4.79 Å². The Labute approximate surface area is 132 Å². The van der Waals surface area contributed by atoms with Crippen LogP contribution < -0.4 is 10.6 Å². The Morgan fingerprint density at radius 3 is 2.87 bits per heavy atom. The van der Waals surface area contributed by atoms with Crippen LogP contribution in [0.4, 0.5) is 5.82 Å². The summed E-state index contributed by atoms with van der Waals surface area (Å²) in [6.45, 7) is 0.874. The molecule has 0 spiro atoms. The van der Waals surface area contributed by atoms with Gasteiger partial charge in [0.25, 0.3) is 0 Å². The summed E-state index contributed by atoms with van der Waals surface area (Å²) in [5, 5.41) is 6.04. The fourth-order valence-electron chi connectivity index (χ4n) is 2.77. The zero-order valence-corrected chi connectivity index (χ0v) is 12.4. The predicted octanol–water partition coefficient (Wildman–Crippen LogP) is 1.71. The number of carbonyl (C=O) groups excluding carboxylic acids is 1. The zero-order valence-electron chi connectivity index (χ0n) is 12.4. The summed E-state index contributed by atoms with van der Waals surface area (Å²) in [5.74, 6) is 1.09. The molecule has 3 heterocycles. The van der Waals surface area contributed by atoms with Crippen LogP contribution in [0.15, 0.2) is 36.7 Å². The Balaban J connectivity index is 1.67. The van der Waals surface area contributed by atoms with Crippen molar-refractivity contribution in [3.05, 3.63) is 36.7 Å². The molecule has 0 saturated carbocycles. The molecule has 1 unspecified atom stereocenters. The summed E-state index contributed by atoms with van der Waals surface area (Å²) in [6, 6.07) is 9.62. The highest BCUT2D eigenvalue weighted by atomic mass is 16.2. The molecular formula is C16H16N6O.